The van der Waals surface area contributed by atoms with E-state index in [2.05, 4.69) is 27.5 Å². The number of para-hydroxylation sites is 1. The number of methoxy groups -OCH3 is 1. The zero-order valence-corrected chi connectivity index (χ0v) is 17.1. The number of aromatic hydroxyl groups is 1. The number of rotatable bonds is 5. The van der Waals surface area contributed by atoms with Gasteiger partial charge < -0.3 is 31.2 Å². The van der Waals surface area contributed by atoms with Crippen LogP contribution in [0, 0.1) is 0 Å². The Bertz CT molecular complexity index is 938. The lowest BCUT2D eigenvalue weighted by Crippen LogP contribution is -2.28. The van der Waals surface area contributed by atoms with E-state index in [1.165, 1.54) is 6.08 Å². The zero-order valence-electron chi connectivity index (χ0n) is 15.5. The first-order valence-corrected chi connectivity index (χ1v) is 9.53. The molecule has 1 fully saturated rings. The van der Waals surface area contributed by atoms with E-state index in [9.17, 15) is 9.90 Å². The first-order valence-electron chi connectivity index (χ1n) is 8.73. The number of nitrogens with two attached hydrogens (primary N) is 2. The lowest BCUT2D eigenvalue weighted by atomic mass is 10.0. The first kappa shape index (κ1) is 20.0. The Morgan fingerprint density at radius 1 is 1.43 bits per heavy atom. The van der Waals surface area contributed by atoms with Gasteiger partial charge in [0, 0.05) is 53.1 Å². The van der Waals surface area contributed by atoms with Crippen molar-refractivity contribution in [1.82, 2.24) is 9.88 Å². The molecule has 0 bridgehead atoms. The molecule has 1 aromatic carbocycles. The molecule has 7 nitrogen and oxygen atoms in total. The number of nitrogens with one attached hydrogen (secondary N) is 1. The maximum Gasteiger partial charge on any atom is 0.246 e. The molecule has 8 heteroatoms. The molecule has 0 aliphatic carbocycles. The number of phenolic OH excluding ortho intramolecular Hbond substituents is 1. The van der Waals surface area contributed by atoms with E-state index >= 15 is 0 Å². The number of ether oxygens (including phenoxy) is 1. The molecule has 2 heterocycles. The van der Waals surface area contributed by atoms with Crippen molar-refractivity contribution in [2.45, 2.75) is 12.0 Å². The van der Waals surface area contributed by atoms with Crippen LogP contribution in [0.1, 0.15) is 22.7 Å². The van der Waals surface area contributed by atoms with E-state index < -0.39 is 0 Å². The molecule has 28 heavy (non-hydrogen) atoms. The molecule has 1 aromatic heterocycles. The monoisotopic (exact) mass is 446 g/mol. The molecule has 2 aromatic rings. The van der Waals surface area contributed by atoms with Gasteiger partial charge >= 0.3 is 0 Å². The molecule has 1 amide bonds. The molecular weight excluding hydrogens is 424 g/mol. The van der Waals surface area contributed by atoms with Gasteiger partial charge in [-0.1, -0.05) is 18.7 Å². The fraction of sp³-hybridized carbons (Fsp3) is 0.250. The minimum Gasteiger partial charge on any atom is -0.507 e. The number of aromatic amines is 1. The summed E-state index contributed by atoms with van der Waals surface area (Å²) in [5.41, 5.74) is 14.8. The summed E-state index contributed by atoms with van der Waals surface area (Å²) in [7, 11) is 1.62. The van der Waals surface area contributed by atoms with E-state index in [-0.39, 0.29) is 23.7 Å². The number of aromatic nitrogens is 1. The molecule has 1 aliphatic heterocycles. The summed E-state index contributed by atoms with van der Waals surface area (Å²) < 4.78 is 6.34. The number of nitrogens with zero attached hydrogens (tertiary/aromatic N) is 1. The second-order valence-electron chi connectivity index (χ2n) is 6.62. The molecular formula is C20H23BrN4O3. The van der Waals surface area contributed by atoms with Crippen molar-refractivity contribution >= 4 is 39.4 Å². The normalized spacial score (nSPS) is 19.8. The molecule has 0 radical (unpaired) electrons. The third-order valence-electron chi connectivity index (χ3n) is 4.97. The van der Waals surface area contributed by atoms with Crippen molar-refractivity contribution in [2.24, 2.45) is 5.73 Å². The second kappa shape index (κ2) is 8.12. The van der Waals surface area contributed by atoms with Crippen LogP contribution < -0.4 is 11.5 Å². The number of hydrogen-bond donors (Lipinski definition) is 4. The van der Waals surface area contributed by atoms with Crippen LogP contribution in [0.3, 0.4) is 0 Å². The molecule has 2 atom stereocenters. The maximum atomic E-state index is 12.0. The zero-order chi connectivity index (χ0) is 20.4. The summed E-state index contributed by atoms with van der Waals surface area (Å²) in [4.78, 5) is 16.9. The van der Waals surface area contributed by atoms with Crippen molar-refractivity contribution in [2.75, 3.05) is 25.9 Å². The largest absolute Gasteiger partial charge is 0.507 e. The quantitative estimate of drug-likeness (QED) is 0.526. The van der Waals surface area contributed by atoms with Crippen LogP contribution in [0.25, 0.3) is 11.8 Å². The number of hydrogen-bond acceptors (Lipinski definition) is 5. The topological polar surface area (TPSA) is 118 Å². The fourth-order valence-corrected chi connectivity index (χ4v) is 4.20. The van der Waals surface area contributed by atoms with Gasteiger partial charge in [0.05, 0.1) is 6.10 Å². The highest BCUT2D eigenvalue weighted by molar-refractivity contribution is 9.10. The molecule has 2 unspecified atom stereocenters. The number of amides is 1. The van der Waals surface area contributed by atoms with Gasteiger partial charge in [0.2, 0.25) is 5.91 Å². The lowest BCUT2D eigenvalue weighted by molar-refractivity contribution is -0.125. The van der Waals surface area contributed by atoms with Gasteiger partial charge in [0.15, 0.2) is 0 Å². The SMILES string of the molecule is C=CC(=O)N1CC(OC)C(c2[nH]c(N)c(/C=C(\N)c3ccccc3O)c2Br)C1. The van der Waals surface area contributed by atoms with Crippen LogP contribution in [-0.2, 0) is 9.53 Å². The van der Waals surface area contributed by atoms with Crippen molar-refractivity contribution in [3.63, 3.8) is 0 Å². The molecule has 3 rings (SSSR count). The highest BCUT2D eigenvalue weighted by atomic mass is 79.9. The van der Waals surface area contributed by atoms with Gasteiger partial charge in [-0.25, -0.2) is 0 Å². The van der Waals surface area contributed by atoms with Crippen LogP contribution in [-0.4, -0.2) is 47.2 Å². The van der Waals surface area contributed by atoms with Crippen LogP contribution in [0.15, 0.2) is 41.4 Å². The Balaban J connectivity index is 1.96. The number of likely N-dealkylation sites (tertiary alicyclic amines) is 1. The molecule has 148 valence electrons. The Hall–Kier alpha value is -2.71. The van der Waals surface area contributed by atoms with E-state index in [0.29, 0.717) is 35.7 Å². The Kier molecular flexibility index (Phi) is 5.81. The second-order valence-corrected chi connectivity index (χ2v) is 7.42. The summed E-state index contributed by atoms with van der Waals surface area (Å²) >= 11 is 3.61. The Morgan fingerprint density at radius 3 is 2.79 bits per heavy atom. The number of anilines is 1. The van der Waals surface area contributed by atoms with Crippen molar-refractivity contribution in [1.29, 1.82) is 0 Å². The highest BCUT2D eigenvalue weighted by Gasteiger charge is 2.38. The third kappa shape index (κ3) is 3.65. The maximum absolute atomic E-state index is 12.0. The average molecular weight is 447 g/mol. The molecule has 0 spiro atoms. The van der Waals surface area contributed by atoms with Crippen LogP contribution in [0.2, 0.25) is 0 Å². The minimum atomic E-state index is -0.175. The number of carbonyl (C=O) groups is 1. The summed E-state index contributed by atoms with van der Waals surface area (Å²) in [5.74, 6) is 0.308. The number of benzene rings is 1. The predicted molar refractivity (Wildman–Crippen MR) is 113 cm³/mol. The highest BCUT2D eigenvalue weighted by Crippen LogP contribution is 2.39. The van der Waals surface area contributed by atoms with E-state index in [1.54, 1.807) is 42.4 Å². The van der Waals surface area contributed by atoms with Crippen molar-refractivity contribution in [3.8, 4) is 5.75 Å². The van der Waals surface area contributed by atoms with Crippen molar-refractivity contribution < 1.29 is 14.6 Å². The molecule has 0 saturated carbocycles. The third-order valence-corrected chi connectivity index (χ3v) is 5.83. The van der Waals surface area contributed by atoms with Gasteiger partial charge in [-0.2, -0.15) is 0 Å². The smallest absolute Gasteiger partial charge is 0.246 e. The number of carbonyl (C=O) groups excluding carboxylic acids is 1. The van der Waals surface area contributed by atoms with Crippen molar-refractivity contribution in [3.05, 3.63) is 58.2 Å². The van der Waals surface area contributed by atoms with Gasteiger partial charge in [0.25, 0.3) is 0 Å². The lowest BCUT2D eigenvalue weighted by Gasteiger charge is -2.15. The van der Waals surface area contributed by atoms with Gasteiger partial charge in [-0.15, -0.1) is 0 Å². The summed E-state index contributed by atoms with van der Waals surface area (Å²) in [5, 5.41) is 10.0. The molecule has 6 N–H and O–H groups in total. The van der Waals surface area contributed by atoms with Crippen LogP contribution in [0.4, 0.5) is 5.82 Å². The van der Waals surface area contributed by atoms with Gasteiger partial charge in [-0.05, 0) is 40.2 Å². The summed E-state index contributed by atoms with van der Waals surface area (Å²) in [6, 6.07) is 6.83. The van der Waals surface area contributed by atoms with Gasteiger partial charge in [-0.3, -0.25) is 4.79 Å². The number of H-pyrrole nitrogens is 1. The number of halogens is 1. The standard InChI is InChI=1S/C20H23BrN4O3/c1-3-17(27)25-9-13(16(10-25)28-2)19-18(21)12(20(23)24-19)8-14(22)11-6-4-5-7-15(11)26/h3-8,13,16,24,26H,1,9-10,22-23H2,2H3/b14-8-. The summed E-state index contributed by atoms with van der Waals surface area (Å²) in [6.45, 7) is 4.51. The average Bonchev–Trinajstić information content (AvgIpc) is 3.23. The minimum absolute atomic E-state index is 0.0842. The molecule has 1 aliphatic rings. The van der Waals surface area contributed by atoms with Crippen LogP contribution >= 0.6 is 15.9 Å². The van der Waals surface area contributed by atoms with Crippen LogP contribution in [0.5, 0.6) is 5.75 Å². The predicted octanol–water partition coefficient (Wildman–Crippen LogP) is 2.65. The van der Waals surface area contributed by atoms with E-state index in [4.69, 9.17) is 16.2 Å². The molecule has 1 saturated heterocycles. The Labute approximate surface area is 171 Å². The summed E-state index contributed by atoms with van der Waals surface area (Å²) in [6.07, 6.45) is 2.83. The van der Waals surface area contributed by atoms with E-state index in [0.717, 1.165) is 10.2 Å². The fourth-order valence-electron chi connectivity index (χ4n) is 3.48. The van der Waals surface area contributed by atoms with E-state index in [1.807, 2.05) is 0 Å². The first-order chi connectivity index (χ1) is 13.4. The number of nitrogen functional groups attached to an aromatic ring is 1. The van der Waals surface area contributed by atoms with Gasteiger partial charge in [0.1, 0.15) is 11.6 Å². The Morgan fingerprint density at radius 2 is 2.14 bits per heavy atom. The number of phenols is 1.